The quantitative estimate of drug-likeness (QED) is 0.686. The van der Waals surface area contributed by atoms with Crippen LogP contribution >= 0.6 is 0 Å². The maximum absolute atomic E-state index is 12.2. The third-order valence-corrected chi connectivity index (χ3v) is 4.70. The molecule has 8 nitrogen and oxygen atoms in total. The zero-order chi connectivity index (χ0) is 18.2. The van der Waals surface area contributed by atoms with Crippen molar-refractivity contribution in [3.63, 3.8) is 0 Å². The molecular weight excluding hydrogens is 346 g/mol. The Labute approximate surface area is 155 Å². The second-order valence-electron chi connectivity index (χ2n) is 6.80. The van der Waals surface area contributed by atoms with Crippen LogP contribution in [0, 0.1) is 0 Å². The first-order valence-corrected chi connectivity index (χ1v) is 8.92. The van der Waals surface area contributed by atoms with Gasteiger partial charge in [0.15, 0.2) is 0 Å². The fourth-order valence-corrected chi connectivity index (χ4v) is 2.97. The monoisotopic (exact) mass is 363 g/mol. The van der Waals surface area contributed by atoms with E-state index < -0.39 is 0 Å². The SMILES string of the molecule is O=C(c1cnccn1)N1CC(Oc2ccc(-c3noc(C4CC4)n3)cc2)C1. The summed E-state index contributed by atoms with van der Waals surface area (Å²) in [4.78, 5) is 26.3. The molecule has 8 heteroatoms. The van der Waals surface area contributed by atoms with Gasteiger partial charge in [-0.3, -0.25) is 9.78 Å². The van der Waals surface area contributed by atoms with E-state index in [4.69, 9.17) is 9.26 Å². The molecule has 136 valence electrons. The van der Waals surface area contributed by atoms with E-state index in [0.29, 0.717) is 30.5 Å². The maximum atomic E-state index is 12.2. The Balaban J connectivity index is 1.17. The predicted octanol–water partition coefficient (Wildman–Crippen LogP) is 2.31. The highest BCUT2D eigenvalue weighted by atomic mass is 16.5. The molecule has 5 rings (SSSR count). The van der Waals surface area contributed by atoms with Gasteiger partial charge in [0.25, 0.3) is 5.91 Å². The molecule has 1 aliphatic carbocycles. The number of nitrogens with zero attached hydrogens (tertiary/aromatic N) is 5. The zero-order valence-corrected chi connectivity index (χ0v) is 14.5. The van der Waals surface area contributed by atoms with Crippen molar-refractivity contribution >= 4 is 5.91 Å². The lowest BCUT2D eigenvalue weighted by Crippen LogP contribution is -2.56. The molecule has 1 saturated heterocycles. The molecule has 0 unspecified atom stereocenters. The van der Waals surface area contributed by atoms with Crippen molar-refractivity contribution in [2.24, 2.45) is 0 Å². The summed E-state index contributed by atoms with van der Waals surface area (Å²) in [7, 11) is 0. The Hall–Kier alpha value is -3.29. The number of carbonyl (C=O) groups is 1. The molecule has 3 heterocycles. The Morgan fingerprint density at radius 2 is 1.96 bits per heavy atom. The molecule has 0 radical (unpaired) electrons. The molecule has 0 N–H and O–H groups in total. The van der Waals surface area contributed by atoms with Crippen molar-refractivity contribution in [3.8, 4) is 17.1 Å². The molecule has 1 amide bonds. The number of ether oxygens (including phenoxy) is 1. The first-order valence-electron chi connectivity index (χ1n) is 8.92. The molecule has 27 heavy (non-hydrogen) atoms. The van der Waals surface area contributed by atoms with Gasteiger partial charge in [-0.1, -0.05) is 5.16 Å². The largest absolute Gasteiger partial charge is 0.487 e. The van der Waals surface area contributed by atoms with Crippen molar-refractivity contribution in [2.45, 2.75) is 24.9 Å². The number of hydrogen-bond donors (Lipinski definition) is 0. The highest BCUT2D eigenvalue weighted by Crippen LogP contribution is 2.39. The number of aromatic nitrogens is 4. The number of carbonyl (C=O) groups excluding carboxylic acids is 1. The van der Waals surface area contributed by atoms with Gasteiger partial charge in [-0.05, 0) is 37.1 Å². The highest BCUT2D eigenvalue weighted by Gasteiger charge is 2.33. The van der Waals surface area contributed by atoms with Crippen molar-refractivity contribution < 1.29 is 14.1 Å². The summed E-state index contributed by atoms with van der Waals surface area (Å²) in [6, 6.07) is 7.60. The van der Waals surface area contributed by atoms with Gasteiger partial charge in [-0.25, -0.2) is 4.98 Å². The summed E-state index contributed by atoms with van der Waals surface area (Å²) < 4.78 is 11.2. The molecule has 2 aromatic heterocycles. The molecule has 1 aromatic carbocycles. The first-order chi connectivity index (χ1) is 13.3. The molecule has 1 aliphatic heterocycles. The Morgan fingerprint density at radius 3 is 2.67 bits per heavy atom. The lowest BCUT2D eigenvalue weighted by Gasteiger charge is -2.38. The Kier molecular flexibility index (Phi) is 3.81. The third-order valence-electron chi connectivity index (χ3n) is 4.70. The summed E-state index contributed by atoms with van der Waals surface area (Å²) in [5, 5.41) is 4.04. The number of likely N-dealkylation sites (tertiary alicyclic amines) is 1. The van der Waals surface area contributed by atoms with Crippen LogP contribution in [0.15, 0.2) is 47.4 Å². The van der Waals surface area contributed by atoms with Gasteiger partial charge in [0, 0.05) is 23.9 Å². The van der Waals surface area contributed by atoms with Gasteiger partial charge in [-0.2, -0.15) is 4.98 Å². The number of hydrogen-bond acceptors (Lipinski definition) is 7. The van der Waals surface area contributed by atoms with E-state index in [2.05, 4.69) is 20.1 Å². The van der Waals surface area contributed by atoms with Crippen molar-refractivity contribution in [1.29, 1.82) is 0 Å². The van der Waals surface area contributed by atoms with E-state index in [-0.39, 0.29) is 12.0 Å². The van der Waals surface area contributed by atoms with Gasteiger partial charge in [0.05, 0.1) is 19.3 Å². The molecule has 0 atom stereocenters. The van der Waals surface area contributed by atoms with Crippen LogP contribution in [0.5, 0.6) is 5.75 Å². The van der Waals surface area contributed by atoms with E-state index in [0.717, 1.165) is 30.0 Å². The van der Waals surface area contributed by atoms with Gasteiger partial charge in [0.1, 0.15) is 17.5 Å². The molecule has 2 fully saturated rings. The summed E-state index contributed by atoms with van der Waals surface area (Å²) in [6.45, 7) is 1.07. The van der Waals surface area contributed by atoms with Crippen molar-refractivity contribution in [2.75, 3.05) is 13.1 Å². The summed E-state index contributed by atoms with van der Waals surface area (Å²) >= 11 is 0. The van der Waals surface area contributed by atoms with Crippen molar-refractivity contribution in [1.82, 2.24) is 25.0 Å². The second kappa shape index (κ2) is 6.46. The highest BCUT2D eigenvalue weighted by molar-refractivity contribution is 5.92. The van der Waals surface area contributed by atoms with E-state index in [9.17, 15) is 4.79 Å². The van der Waals surface area contributed by atoms with Crippen LogP contribution in [0.25, 0.3) is 11.4 Å². The molecule has 2 aliphatic rings. The minimum atomic E-state index is -0.123. The van der Waals surface area contributed by atoms with Crippen LogP contribution in [-0.2, 0) is 0 Å². The maximum Gasteiger partial charge on any atom is 0.274 e. The Bertz CT molecular complexity index is 947. The first kappa shape index (κ1) is 15.9. The molecule has 3 aromatic rings. The minimum Gasteiger partial charge on any atom is -0.487 e. The van der Waals surface area contributed by atoms with Crippen molar-refractivity contribution in [3.05, 3.63) is 54.4 Å². The molecule has 0 bridgehead atoms. The van der Waals surface area contributed by atoms with Gasteiger partial charge >= 0.3 is 0 Å². The zero-order valence-electron chi connectivity index (χ0n) is 14.5. The molecule has 0 spiro atoms. The smallest absolute Gasteiger partial charge is 0.274 e. The van der Waals surface area contributed by atoms with E-state index >= 15 is 0 Å². The van der Waals surface area contributed by atoms with Gasteiger partial charge in [0.2, 0.25) is 11.7 Å². The summed E-state index contributed by atoms with van der Waals surface area (Å²) in [6.07, 6.45) is 6.77. The topological polar surface area (TPSA) is 94.2 Å². The number of benzene rings is 1. The molecule has 1 saturated carbocycles. The Morgan fingerprint density at radius 1 is 1.15 bits per heavy atom. The van der Waals surface area contributed by atoms with Crippen LogP contribution in [0.1, 0.15) is 35.1 Å². The predicted molar refractivity (Wildman–Crippen MR) is 94.1 cm³/mol. The van der Waals surface area contributed by atoms with Gasteiger partial charge < -0.3 is 14.2 Å². The second-order valence-corrected chi connectivity index (χ2v) is 6.80. The number of rotatable bonds is 5. The fourth-order valence-electron chi connectivity index (χ4n) is 2.97. The third kappa shape index (κ3) is 3.25. The average molecular weight is 363 g/mol. The lowest BCUT2D eigenvalue weighted by atomic mass is 10.1. The fraction of sp³-hybridized carbons (Fsp3) is 0.316. The minimum absolute atomic E-state index is 0.0249. The summed E-state index contributed by atoms with van der Waals surface area (Å²) in [5.41, 5.74) is 1.25. The van der Waals surface area contributed by atoms with E-state index in [1.165, 1.54) is 12.4 Å². The normalized spacial score (nSPS) is 16.8. The molecular formula is C19H17N5O3. The van der Waals surface area contributed by atoms with Crippen LogP contribution in [0.2, 0.25) is 0 Å². The van der Waals surface area contributed by atoms with Crippen LogP contribution in [0.4, 0.5) is 0 Å². The average Bonchev–Trinajstić information content (AvgIpc) is 3.42. The summed E-state index contributed by atoms with van der Waals surface area (Å²) in [5.74, 6) is 2.41. The standard InChI is InChI=1S/C19H17N5O3/c25-19(16-9-20-7-8-21-16)24-10-15(11-24)26-14-5-3-12(4-6-14)17-22-18(27-23-17)13-1-2-13/h3-9,13,15H,1-2,10-11H2. The lowest BCUT2D eigenvalue weighted by molar-refractivity contribution is 0.0173. The van der Waals surface area contributed by atoms with Crippen LogP contribution in [0.3, 0.4) is 0 Å². The van der Waals surface area contributed by atoms with Gasteiger partial charge in [-0.15, -0.1) is 0 Å². The van der Waals surface area contributed by atoms with Crippen LogP contribution in [-0.4, -0.2) is 50.1 Å². The van der Waals surface area contributed by atoms with Crippen LogP contribution < -0.4 is 4.74 Å². The number of amides is 1. The van der Waals surface area contributed by atoms with E-state index in [1.54, 1.807) is 11.1 Å². The van der Waals surface area contributed by atoms with E-state index in [1.807, 2.05) is 24.3 Å².